The maximum Gasteiger partial charge on any atom is 0.249 e. The fraction of sp³-hybridized carbons (Fsp3) is 0. The summed E-state index contributed by atoms with van der Waals surface area (Å²) in [5.41, 5.74) is 5.71. The summed E-state index contributed by atoms with van der Waals surface area (Å²) in [6.07, 6.45) is 1.41. The summed E-state index contributed by atoms with van der Waals surface area (Å²) in [6, 6.07) is 5.48. The molecule has 7 heteroatoms. The molecule has 0 aliphatic carbocycles. The van der Waals surface area contributed by atoms with Crippen LogP contribution in [0, 0.1) is 11.2 Å². The van der Waals surface area contributed by atoms with Crippen molar-refractivity contribution in [1.29, 1.82) is 5.41 Å². The monoisotopic (exact) mass is 310 g/mol. The third kappa shape index (κ3) is 2.62. The quantitative estimate of drug-likeness (QED) is 0.673. The molecule has 92 valence electrons. The summed E-state index contributed by atoms with van der Waals surface area (Å²) in [6.45, 7) is 0. The fourth-order valence-corrected chi connectivity index (χ4v) is 1.69. The third-order valence-electron chi connectivity index (χ3n) is 2.08. The van der Waals surface area contributed by atoms with Crippen LogP contribution < -0.4 is 10.5 Å². The molecule has 0 unspecified atom stereocenters. The van der Waals surface area contributed by atoms with Crippen LogP contribution in [-0.4, -0.2) is 16.0 Å². The predicted octanol–water partition coefficient (Wildman–Crippen LogP) is 2.45. The molecule has 5 nitrogen and oxygen atoms in total. The van der Waals surface area contributed by atoms with E-state index in [-0.39, 0.29) is 17.5 Å². The van der Waals surface area contributed by atoms with Gasteiger partial charge in [-0.3, -0.25) is 5.41 Å². The van der Waals surface area contributed by atoms with Crippen LogP contribution in [0.1, 0.15) is 5.56 Å². The molecule has 0 fully saturated rings. The van der Waals surface area contributed by atoms with Gasteiger partial charge in [0.15, 0.2) is 0 Å². The van der Waals surface area contributed by atoms with Gasteiger partial charge in [-0.25, -0.2) is 4.39 Å². The lowest BCUT2D eigenvalue weighted by Gasteiger charge is -2.09. The number of hydrogen-bond acceptors (Lipinski definition) is 4. The summed E-state index contributed by atoms with van der Waals surface area (Å²) < 4.78 is 18.8. The zero-order valence-corrected chi connectivity index (χ0v) is 10.6. The zero-order valence-electron chi connectivity index (χ0n) is 9.02. The number of nitrogen functional groups attached to an aromatic ring is 1. The topological polar surface area (TPSA) is 84.9 Å². The number of nitrogens with zero attached hydrogens (tertiary/aromatic N) is 2. The second kappa shape index (κ2) is 5.09. The van der Waals surface area contributed by atoms with Crippen molar-refractivity contribution < 1.29 is 9.13 Å². The van der Waals surface area contributed by atoms with Crippen LogP contribution in [0.2, 0.25) is 0 Å². The van der Waals surface area contributed by atoms with Gasteiger partial charge in [-0.1, -0.05) is 0 Å². The minimum atomic E-state index is -0.389. The molecule has 18 heavy (non-hydrogen) atoms. The first-order valence-corrected chi connectivity index (χ1v) is 5.66. The third-order valence-corrected chi connectivity index (χ3v) is 2.70. The Morgan fingerprint density at radius 2 is 2.17 bits per heavy atom. The second-order valence-electron chi connectivity index (χ2n) is 3.34. The van der Waals surface area contributed by atoms with Gasteiger partial charge in [0.1, 0.15) is 17.4 Å². The molecule has 2 aromatic rings. The van der Waals surface area contributed by atoms with Crippen molar-refractivity contribution in [2.24, 2.45) is 5.73 Å². The van der Waals surface area contributed by atoms with Gasteiger partial charge >= 0.3 is 0 Å². The number of nitrogens with two attached hydrogens (primary N) is 1. The van der Waals surface area contributed by atoms with Crippen molar-refractivity contribution in [1.82, 2.24) is 10.2 Å². The molecule has 2 rings (SSSR count). The number of benzene rings is 1. The first kappa shape index (κ1) is 12.4. The molecular formula is C11H8BrFN4O. The molecule has 3 N–H and O–H groups in total. The highest BCUT2D eigenvalue weighted by Crippen LogP contribution is 2.30. The average molecular weight is 311 g/mol. The van der Waals surface area contributed by atoms with Crippen molar-refractivity contribution in [2.75, 3.05) is 0 Å². The van der Waals surface area contributed by atoms with E-state index in [9.17, 15) is 4.39 Å². The smallest absolute Gasteiger partial charge is 0.249 e. The molecular weight excluding hydrogens is 303 g/mol. The highest BCUT2D eigenvalue weighted by atomic mass is 79.9. The van der Waals surface area contributed by atoms with Gasteiger partial charge < -0.3 is 10.5 Å². The van der Waals surface area contributed by atoms with Crippen molar-refractivity contribution in [2.45, 2.75) is 0 Å². The number of ether oxygens (including phenoxy) is 1. The standard InChI is InChI=1S/C11H8BrFN4O/c12-8-5-6(13)1-2-9(8)18-11-7(10(14)15)3-4-16-17-11/h1-5H,(H3,14,15). The minimum Gasteiger partial charge on any atom is -0.436 e. The summed E-state index contributed by atoms with van der Waals surface area (Å²) >= 11 is 3.17. The Kier molecular flexibility index (Phi) is 3.52. The molecule has 0 aliphatic heterocycles. The highest BCUT2D eigenvalue weighted by molar-refractivity contribution is 9.10. The van der Waals surface area contributed by atoms with E-state index in [0.29, 0.717) is 15.8 Å². The first-order valence-electron chi connectivity index (χ1n) is 4.87. The lowest BCUT2D eigenvalue weighted by Crippen LogP contribution is -2.13. The Bertz CT molecular complexity index is 605. The number of halogens is 2. The Morgan fingerprint density at radius 1 is 1.39 bits per heavy atom. The molecule has 0 aliphatic rings. The van der Waals surface area contributed by atoms with E-state index < -0.39 is 0 Å². The van der Waals surface area contributed by atoms with Crippen molar-refractivity contribution >= 4 is 21.8 Å². The minimum absolute atomic E-state index is 0.0947. The van der Waals surface area contributed by atoms with Crippen LogP contribution in [0.5, 0.6) is 11.6 Å². The number of amidine groups is 1. The number of aromatic nitrogens is 2. The van der Waals surface area contributed by atoms with Crippen LogP contribution in [0.3, 0.4) is 0 Å². The van der Waals surface area contributed by atoms with Gasteiger partial charge in [0.05, 0.1) is 16.2 Å². The van der Waals surface area contributed by atoms with Gasteiger partial charge in [-0.15, -0.1) is 5.10 Å². The summed E-state index contributed by atoms with van der Waals surface area (Å²) in [5.74, 6) is -0.116. The van der Waals surface area contributed by atoms with Gasteiger partial charge in [0.25, 0.3) is 0 Å². The maximum absolute atomic E-state index is 12.9. The van der Waals surface area contributed by atoms with Gasteiger partial charge in [0, 0.05) is 0 Å². The lowest BCUT2D eigenvalue weighted by molar-refractivity contribution is 0.449. The molecule has 0 amide bonds. The fourth-order valence-electron chi connectivity index (χ4n) is 1.26. The number of nitrogens with one attached hydrogen (secondary N) is 1. The molecule has 0 saturated heterocycles. The molecule has 1 aromatic heterocycles. The molecule has 0 saturated carbocycles. The highest BCUT2D eigenvalue weighted by Gasteiger charge is 2.11. The maximum atomic E-state index is 12.9. The van der Waals surface area contributed by atoms with E-state index in [1.807, 2.05) is 0 Å². The van der Waals surface area contributed by atoms with Crippen molar-refractivity contribution in [3.8, 4) is 11.6 Å². The summed E-state index contributed by atoms with van der Waals surface area (Å²) in [5, 5.41) is 14.8. The second-order valence-corrected chi connectivity index (χ2v) is 4.19. The first-order chi connectivity index (χ1) is 8.58. The Hall–Kier alpha value is -2.02. The van der Waals surface area contributed by atoms with E-state index >= 15 is 0 Å². The lowest BCUT2D eigenvalue weighted by atomic mass is 10.3. The molecule has 1 aromatic carbocycles. The average Bonchev–Trinajstić information content (AvgIpc) is 2.33. The summed E-state index contributed by atoms with van der Waals surface area (Å²) in [7, 11) is 0. The van der Waals surface area contributed by atoms with Crippen LogP contribution >= 0.6 is 15.9 Å². The van der Waals surface area contributed by atoms with Crippen LogP contribution in [0.15, 0.2) is 34.9 Å². The van der Waals surface area contributed by atoms with Gasteiger partial charge in [0.2, 0.25) is 5.88 Å². The predicted molar refractivity (Wildman–Crippen MR) is 67.2 cm³/mol. The van der Waals surface area contributed by atoms with Crippen LogP contribution in [-0.2, 0) is 0 Å². The number of rotatable bonds is 3. The van der Waals surface area contributed by atoms with Crippen LogP contribution in [0.4, 0.5) is 4.39 Å². The van der Waals surface area contributed by atoms with Gasteiger partial charge in [-0.05, 0) is 40.2 Å². The normalized spacial score (nSPS) is 10.1. The molecule has 0 atom stereocenters. The molecule has 0 radical (unpaired) electrons. The van der Waals surface area contributed by atoms with E-state index in [4.69, 9.17) is 15.9 Å². The number of hydrogen-bond donors (Lipinski definition) is 2. The van der Waals surface area contributed by atoms with Crippen molar-refractivity contribution in [3.63, 3.8) is 0 Å². The largest absolute Gasteiger partial charge is 0.436 e. The van der Waals surface area contributed by atoms with E-state index in [1.165, 1.54) is 30.5 Å². The molecule has 0 bridgehead atoms. The van der Waals surface area contributed by atoms with Gasteiger partial charge in [-0.2, -0.15) is 5.10 Å². The van der Waals surface area contributed by atoms with Crippen molar-refractivity contribution in [3.05, 3.63) is 46.3 Å². The van der Waals surface area contributed by atoms with E-state index in [2.05, 4.69) is 26.1 Å². The van der Waals surface area contributed by atoms with E-state index in [0.717, 1.165) is 0 Å². The summed E-state index contributed by atoms with van der Waals surface area (Å²) in [4.78, 5) is 0. The molecule has 1 heterocycles. The van der Waals surface area contributed by atoms with Crippen LogP contribution in [0.25, 0.3) is 0 Å². The Balaban J connectivity index is 2.37. The SMILES string of the molecule is N=C(N)c1ccnnc1Oc1ccc(F)cc1Br. The Labute approximate surface area is 110 Å². The van der Waals surface area contributed by atoms with E-state index in [1.54, 1.807) is 0 Å². The Morgan fingerprint density at radius 3 is 2.83 bits per heavy atom. The zero-order chi connectivity index (χ0) is 13.1. The molecule has 0 spiro atoms.